The number of nitrogens with one attached hydrogen (secondary N) is 1. The lowest BCUT2D eigenvalue weighted by Gasteiger charge is -2.36. The predicted molar refractivity (Wildman–Crippen MR) is 80.5 cm³/mol. The molecule has 0 aromatic carbocycles. The molecule has 0 aromatic heterocycles. The van der Waals surface area contributed by atoms with Crippen LogP contribution in [-0.4, -0.2) is 47.2 Å². The van der Waals surface area contributed by atoms with Crippen molar-refractivity contribution in [3.05, 3.63) is 0 Å². The Hall–Kier alpha value is -0.610. The van der Waals surface area contributed by atoms with Gasteiger partial charge in [-0.3, -0.25) is 4.79 Å². The van der Waals surface area contributed by atoms with Gasteiger partial charge >= 0.3 is 0 Å². The molecule has 0 bridgehead atoms. The summed E-state index contributed by atoms with van der Waals surface area (Å²) in [7, 11) is 0. The highest BCUT2D eigenvalue weighted by atomic mass is 16.3. The van der Waals surface area contributed by atoms with Gasteiger partial charge in [0, 0.05) is 19.6 Å². The number of rotatable bonds is 4. The van der Waals surface area contributed by atoms with E-state index in [1.165, 1.54) is 6.42 Å². The molecule has 1 heterocycles. The number of likely N-dealkylation sites (tertiary alicyclic amines) is 1. The van der Waals surface area contributed by atoms with E-state index in [4.69, 9.17) is 0 Å². The van der Waals surface area contributed by atoms with E-state index in [2.05, 4.69) is 12.2 Å². The Balaban J connectivity index is 1.76. The van der Waals surface area contributed by atoms with Crippen LogP contribution in [-0.2, 0) is 4.79 Å². The number of aliphatic hydroxyl groups is 1. The zero-order valence-electron chi connectivity index (χ0n) is 13.0. The maximum absolute atomic E-state index is 12.3. The zero-order chi connectivity index (χ0) is 14.6. The van der Waals surface area contributed by atoms with Gasteiger partial charge in [-0.2, -0.15) is 0 Å². The highest BCUT2D eigenvalue weighted by Crippen LogP contribution is 2.31. The summed E-state index contributed by atoms with van der Waals surface area (Å²) in [5, 5.41) is 13.8. The lowest BCUT2D eigenvalue weighted by molar-refractivity contribution is -0.134. The summed E-state index contributed by atoms with van der Waals surface area (Å²) in [5.74, 6) is 0.917. The fourth-order valence-corrected chi connectivity index (χ4v) is 3.29. The summed E-state index contributed by atoms with van der Waals surface area (Å²) in [6, 6.07) is -0.184. The largest absolute Gasteiger partial charge is 0.389 e. The molecule has 4 heteroatoms. The normalized spacial score (nSPS) is 33.0. The van der Waals surface area contributed by atoms with Crippen molar-refractivity contribution in [1.82, 2.24) is 10.2 Å². The van der Waals surface area contributed by atoms with Gasteiger partial charge < -0.3 is 15.3 Å². The Kier molecular flexibility index (Phi) is 5.44. The summed E-state index contributed by atoms with van der Waals surface area (Å²) in [5.41, 5.74) is -0.608. The number of hydrogen-bond acceptors (Lipinski definition) is 3. The molecule has 1 aliphatic heterocycles. The maximum atomic E-state index is 12.3. The van der Waals surface area contributed by atoms with Crippen LogP contribution in [0.1, 0.15) is 58.8 Å². The fraction of sp³-hybridized carbons (Fsp3) is 0.938. The second kappa shape index (κ2) is 6.90. The smallest absolute Gasteiger partial charge is 0.239 e. The minimum absolute atomic E-state index is 0.184. The average molecular weight is 282 g/mol. The monoisotopic (exact) mass is 282 g/mol. The second-order valence-corrected chi connectivity index (χ2v) is 6.90. The molecule has 1 unspecified atom stereocenters. The van der Waals surface area contributed by atoms with Crippen molar-refractivity contribution in [1.29, 1.82) is 0 Å². The van der Waals surface area contributed by atoms with Crippen LogP contribution in [0.25, 0.3) is 0 Å². The van der Waals surface area contributed by atoms with E-state index in [1.54, 1.807) is 0 Å². The van der Waals surface area contributed by atoms with Gasteiger partial charge in [0.1, 0.15) is 0 Å². The molecule has 1 aliphatic carbocycles. The van der Waals surface area contributed by atoms with E-state index < -0.39 is 5.60 Å². The summed E-state index contributed by atoms with van der Waals surface area (Å²) in [6.45, 7) is 6.50. The Labute approximate surface area is 122 Å². The molecule has 1 saturated heterocycles. The number of carbonyl (C=O) groups excluding carboxylic acids is 1. The molecule has 1 amide bonds. The molecule has 1 saturated carbocycles. The number of carbonyl (C=O) groups is 1. The molecule has 2 fully saturated rings. The van der Waals surface area contributed by atoms with Crippen molar-refractivity contribution in [2.45, 2.75) is 70.4 Å². The van der Waals surface area contributed by atoms with E-state index in [0.717, 1.165) is 57.5 Å². The van der Waals surface area contributed by atoms with Crippen LogP contribution in [0.3, 0.4) is 0 Å². The third-order valence-electron chi connectivity index (χ3n) is 4.98. The van der Waals surface area contributed by atoms with Gasteiger partial charge in [-0.15, -0.1) is 0 Å². The molecule has 2 rings (SSSR count). The SMILES string of the molecule is CC1CCC(O)(CNC(C)C(=O)N2CCCCC2)CC1. The van der Waals surface area contributed by atoms with Crippen LogP contribution < -0.4 is 5.32 Å². The van der Waals surface area contributed by atoms with Crippen molar-refractivity contribution in [2.24, 2.45) is 5.92 Å². The van der Waals surface area contributed by atoms with E-state index in [9.17, 15) is 9.90 Å². The maximum Gasteiger partial charge on any atom is 0.239 e. The summed E-state index contributed by atoms with van der Waals surface area (Å²) >= 11 is 0. The van der Waals surface area contributed by atoms with E-state index in [-0.39, 0.29) is 11.9 Å². The molecule has 0 spiro atoms. The second-order valence-electron chi connectivity index (χ2n) is 6.90. The van der Waals surface area contributed by atoms with Gasteiger partial charge in [0.15, 0.2) is 0 Å². The summed E-state index contributed by atoms with van der Waals surface area (Å²) < 4.78 is 0. The van der Waals surface area contributed by atoms with Gasteiger partial charge in [0.25, 0.3) is 0 Å². The van der Waals surface area contributed by atoms with Crippen LogP contribution in [0.5, 0.6) is 0 Å². The lowest BCUT2D eigenvalue weighted by atomic mass is 9.79. The van der Waals surface area contributed by atoms with Crippen molar-refractivity contribution < 1.29 is 9.90 Å². The highest BCUT2D eigenvalue weighted by Gasteiger charge is 2.32. The van der Waals surface area contributed by atoms with Gasteiger partial charge in [-0.1, -0.05) is 6.92 Å². The molecular weight excluding hydrogens is 252 g/mol. The van der Waals surface area contributed by atoms with Crippen molar-refractivity contribution in [2.75, 3.05) is 19.6 Å². The number of piperidine rings is 1. The van der Waals surface area contributed by atoms with E-state index in [1.807, 2.05) is 11.8 Å². The zero-order valence-corrected chi connectivity index (χ0v) is 13.0. The standard InChI is InChI=1S/C16H30N2O2/c1-13-6-8-16(20,9-7-13)12-17-14(2)15(19)18-10-4-3-5-11-18/h13-14,17,20H,3-12H2,1-2H3. The molecule has 20 heavy (non-hydrogen) atoms. The molecule has 0 aromatic rings. The Morgan fingerprint density at radius 2 is 1.90 bits per heavy atom. The quantitative estimate of drug-likeness (QED) is 0.828. The van der Waals surface area contributed by atoms with Crippen LogP contribution in [0.15, 0.2) is 0 Å². The van der Waals surface area contributed by atoms with Crippen LogP contribution in [0.2, 0.25) is 0 Å². The van der Waals surface area contributed by atoms with E-state index in [0.29, 0.717) is 6.54 Å². The first-order valence-corrected chi connectivity index (χ1v) is 8.25. The molecule has 1 atom stereocenters. The Bertz CT molecular complexity index is 318. The number of nitrogens with zero attached hydrogens (tertiary/aromatic N) is 1. The van der Waals surface area contributed by atoms with Crippen LogP contribution in [0.4, 0.5) is 0 Å². The minimum Gasteiger partial charge on any atom is -0.389 e. The van der Waals surface area contributed by atoms with Gasteiger partial charge in [0.05, 0.1) is 11.6 Å². The van der Waals surface area contributed by atoms with E-state index >= 15 is 0 Å². The average Bonchev–Trinajstić information content (AvgIpc) is 2.48. The third-order valence-corrected chi connectivity index (χ3v) is 4.98. The van der Waals surface area contributed by atoms with Crippen molar-refractivity contribution in [3.63, 3.8) is 0 Å². The molecule has 0 radical (unpaired) electrons. The molecule has 4 nitrogen and oxygen atoms in total. The first kappa shape index (κ1) is 15.8. The number of amides is 1. The summed E-state index contributed by atoms with van der Waals surface area (Å²) in [4.78, 5) is 14.3. The minimum atomic E-state index is -0.608. The van der Waals surface area contributed by atoms with Crippen LogP contribution >= 0.6 is 0 Å². The molecular formula is C16H30N2O2. The topological polar surface area (TPSA) is 52.6 Å². The highest BCUT2D eigenvalue weighted by molar-refractivity contribution is 5.81. The van der Waals surface area contributed by atoms with Crippen LogP contribution in [0, 0.1) is 5.92 Å². The first-order chi connectivity index (χ1) is 9.50. The van der Waals surface area contributed by atoms with Crippen molar-refractivity contribution in [3.8, 4) is 0 Å². The third kappa shape index (κ3) is 4.19. The first-order valence-electron chi connectivity index (χ1n) is 8.25. The van der Waals surface area contributed by atoms with Gasteiger partial charge in [0.2, 0.25) is 5.91 Å². The molecule has 2 N–H and O–H groups in total. The lowest BCUT2D eigenvalue weighted by Crippen LogP contribution is -2.51. The van der Waals surface area contributed by atoms with Gasteiger partial charge in [-0.05, 0) is 57.8 Å². The molecule has 116 valence electrons. The Morgan fingerprint density at radius 3 is 2.50 bits per heavy atom. The fourth-order valence-electron chi connectivity index (χ4n) is 3.29. The predicted octanol–water partition coefficient (Wildman–Crippen LogP) is 1.92. The van der Waals surface area contributed by atoms with Gasteiger partial charge in [-0.25, -0.2) is 0 Å². The van der Waals surface area contributed by atoms with Crippen molar-refractivity contribution >= 4 is 5.91 Å². The molecule has 2 aliphatic rings. The number of hydrogen-bond donors (Lipinski definition) is 2. The Morgan fingerprint density at radius 1 is 1.30 bits per heavy atom. The summed E-state index contributed by atoms with van der Waals surface area (Å²) in [6.07, 6.45) is 7.38.